The van der Waals surface area contributed by atoms with E-state index in [1.807, 2.05) is 18.2 Å². The van der Waals surface area contributed by atoms with E-state index in [4.69, 9.17) is 27.4 Å². The first-order chi connectivity index (χ1) is 8.69. The summed E-state index contributed by atoms with van der Waals surface area (Å²) in [5.74, 6) is 1.80. The van der Waals surface area contributed by atoms with Gasteiger partial charge in [0.05, 0.1) is 7.11 Å². The average Bonchev–Trinajstić information content (AvgIpc) is 2.39. The van der Waals surface area contributed by atoms with E-state index < -0.39 is 0 Å². The Kier molecular flexibility index (Phi) is 3.74. The van der Waals surface area contributed by atoms with Crippen molar-refractivity contribution >= 4 is 17.2 Å². The van der Waals surface area contributed by atoms with Crippen molar-refractivity contribution in [3.63, 3.8) is 0 Å². The maximum absolute atomic E-state index is 5.61. The van der Waals surface area contributed by atoms with E-state index in [9.17, 15) is 0 Å². The molecule has 0 saturated carbocycles. The van der Waals surface area contributed by atoms with Crippen LogP contribution in [-0.2, 0) is 0 Å². The van der Waals surface area contributed by atoms with Gasteiger partial charge in [0, 0.05) is 23.9 Å². The topological polar surface area (TPSA) is 57.4 Å². The number of hydrogen-bond donors (Lipinski definition) is 1. The molecule has 0 atom stereocenters. The first-order valence-corrected chi connectivity index (χ1v) is 5.67. The number of pyridine rings is 1. The quantitative estimate of drug-likeness (QED) is 0.856. The summed E-state index contributed by atoms with van der Waals surface area (Å²) in [6.07, 6.45) is 1.60. The second kappa shape index (κ2) is 5.46. The lowest BCUT2D eigenvalue weighted by Gasteiger charge is -2.07. The standard InChI is InChI=1S/C13H12N2O2S/c1-16-10-3-2-4-11(8-10)17-12-7-9(13(14)18)5-6-15-12/h2-8H,1H3,(H2,14,18). The molecule has 0 aliphatic carbocycles. The summed E-state index contributed by atoms with van der Waals surface area (Å²) in [6.45, 7) is 0. The molecule has 92 valence electrons. The first-order valence-electron chi connectivity index (χ1n) is 5.27. The van der Waals surface area contributed by atoms with Crippen LogP contribution in [0, 0.1) is 0 Å². The lowest BCUT2D eigenvalue weighted by Crippen LogP contribution is -2.09. The Morgan fingerprint density at radius 3 is 2.72 bits per heavy atom. The molecule has 2 rings (SSSR count). The SMILES string of the molecule is COc1cccc(Oc2cc(C(N)=S)ccn2)c1. The Morgan fingerprint density at radius 2 is 2.00 bits per heavy atom. The van der Waals surface area contributed by atoms with Crippen LogP contribution in [0.4, 0.5) is 0 Å². The zero-order chi connectivity index (χ0) is 13.0. The largest absolute Gasteiger partial charge is 0.497 e. The molecular formula is C13H12N2O2S. The Labute approximate surface area is 110 Å². The Balaban J connectivity index is 2.22. The number of ether oxygens (including phenoxy) is 2. The Bertz CT molecular complexity index is 572. The number of thiocarbonyl (C=S) groups is 1. The summed E-state index contributed by atoms with van der Waals surface area (Å²) in [4.78, 5) is 4.41. The smallest absolute Gasteiger partial charge is 0.219 e. The second-order valence-corrected chi connectivity index (χ2v) is 3.97. The van der Waals surface area contributed by atoms with Crippen molar-refractivity contribution < 1.29 is 9.47 Å². The van der Waals surface area contributed by atoms with Crippen molar-refractivity contribution in [2.45, 2.75) is 0 Å². The van der Waals surface area contributed by atoms with Crippen LogP contribution in [0.15, 0.2) is 42.6 Å². The number of benzene rings is 1. The molecule has 0 radical (unpaired) electrons. The van der Waals surface area contributed by atoms with Gasteiger partial charge >= 0.3 is 0 Å². The monoisotopic (exact) mass is 260 g/mol. The number of methoxy groups -OCH3 is 1. The van der Waals surface area contributed by atoms with Crippen LogP contribution in [0.2, 0.25) is 0 Å². The molecule has 4 nitrogen and oxygen atoms in total. The van der Waals surface area contributed by atoms with Crippen LogP contribution in [0.3, 0.4) is 0 Å². The molecule has 0 amide bonds. The van der Waals surface area contributed by atoms with Crippen LogP contribution in [0.5, 0.6) is 17.4 Å². The normalized spacial score (nSPS) is 9.83. The lowest BCUT2D eigenvalue weighted by atomic mass is 10.2. The highest BCUT2D eigenvalue weighted by molar-refractivity contribution is 7.80. The molecule has 0 bridgehead atoms. The Hall–Kier alpha value is -2.14. The molecule has 1 aromatic carbocycles. The fraction of sp³-hybridized carbons (Fsp3) is 0.0769. The molecule has 2 N–H and O–H groups in total. The summed E-state index contributed by atoms with van der Waals surface area (Å²) in [5.41, 5.74) is 6.27. The minimum absolute atomic E-state index is 0.313. The third-order valence-electron chi connectivity index (χ3n) is 2.28. The minimum Gasteiger partial charge on any atom is -0.497 e. The van der Waals surface area contributed by atoms with Gasteiger partial charge < -0.3 is 15.2 Å². The van der Waals surface area contributed by atoms with Crippen LogP contribution >= 0.6 is 12.2 Å². The average molecular weight is 260 g/mol. The molecular weight excluding hydrogens is 248 g/mol. The molecule has 1 aromatic heterocycles. The van der Waals surface area contributed by atoms with E-state index in [-0.39, 0.29) is 0 Å². The third kappa shape index (κ3) is 2.95. The molecule has 0 saturated heterocycles. The minimum atomic E-state index is 0.313. The van der Waals surface area contributed by atoms with E-state index in [0.29, 0.717) is 16.6 Å². The molecule has 1 heterocycles. The van der Waals surface area contributed by atoms with Gasteiger partial charge in [-0.1, -0.05) is 18.3 Å². The summed E-state index contributed by atoms with van der Waals surface area (Å²) in [5, 5.41) is 0. The van der Waals surface area contributed by atoms with Gasteiger partial charge in [0.1, 0.15) is 16.5 Å². The fourth-order valence-corrected chi connectivity index (χ4v) is 1.53. The third-order valence-corrected chi connectivity index (χ3v) is 2.52. The van der Waals surface area contributed by atoms with Crippen molar-refractivity contribution in [2.24, 2.45) is 5.73 Å². The second-order valence-electron chi connectivity index (χ2n) is 3.53. The van der Waals surface area contributed by atoms with Gasteiger partial charge in [-0.2, -0.15) is 0 Å². The highest BCUT2D eigenvalue weighted by atomic mass is 32.1. The van der Waals surface area contributed by atoms with Crippen LogP contribution < -0.4 is 15.2 Å². The van der Waals surface area contributed by atoms with Crippen LogP contribution in [0.25, 0.3) is 0 Å². The molecule has 0 fully saturated rings. The van der Waals surface area contributed by atoms with Gasteiger partial charge in [-0.05, 0) is 18.2 Å². The molecule has 18 heavy (non-hydrogen) atoms. The fourth-order valence-electron chi connectivity index (χ4n) is 1.40. The highest BCUT2D eigenvalue weighted by Gasteiger charge is 2.03. The van der Waals surface area contributed by atoms with Gasteiger partial charge in [-0.3, -0.25) is 0 Å². The molecule has 0 spiro atoms. The summed E-state index contributed by atoms with van der Waals surface area (Å²) < 4.78 is 10.7. The van der Waals surface area contributed by atoms with E-state index in [1.54, 1.807) is 31.5 Å². The maximum atomic E-state index is 5.61. The van der Waals surface area contributed by atoms with Crippen LogP contribution in [-0.4, -0.2) is 17.1 Å². The molecule has 2 aromatic rings. The van der Waals surface area contributed by atoms with Crippen molar-refractivity contribution in [2.75, 3.05) is 7.11 Å². The van der Waals surface area contributed by atoms with Crippen molar-refractivity contribution in [1.82, 2.24) is 4.98 Å². The maximum Gasteiger partial charge on any atom is 0.219 e. The first kappa shape index (κ1) is 12.3. The predicted molar refractivity (Wildman–Crippen MR) is 73.2 cm³/mol. The number of hydrogen-bond acceptors (Lipinski definition) is 4. The summed E-state index contributed by atoms with van der Waals surface area (Å²) in [6, 6.07) is 10.7. The van der Waals surface area contributed by atoms with E-state index >= 15 is 0 Å². The van der Waals surface area contributed by atoms with Crippen LogP contribution in [0.1, 0.15) is 5.56 Å². The molecule has 0 aliphatic rings. The van der Waals surface area contributed by atoms with Gasteiger partial charge in [-0.25, -0.2) is 4.98 Å². The highest BCUT2D eigenvalue weighted by Crippen LogP contribution is 2.24. The Morgan fingerprint density at radius 1 is 1.22 bits per heavy atom. The lowest BCUT2D eigenvalue weighted by molar-refractivity contribution is 0.407. The number of nitrogens with zero attached hydrogens (tertiary/aromatic N) is 1. The van der Waals surface area contributed by atoms with E-state index in [2.05, 4.69) is 4.98 Å². The number of aromatic nitrogens is 1. The van der Waals surface area contributed by atoms with Crippen molar-refractivity contribution in [1.29, 1.82) is 0 Å². The van der Waals surface area contributed by atoms with E-state index in [0.717, 1.165) is 11.3 Å². The van der Waals surface area contributed by atoms with Gasteiger partial charge in [0.15, 0.2) is 0 Å². The zero-order valence-corrected chi connectivity index (χ0v) is 10.6. The number of nitrogens with two attached hydrogens (primary N) is 1. The predicted octanol–water partition coefficient (Wildman–Crippen LogP) is 2.52. The van der Waals surface area contributed by atoms with Gasteiger partial charge in [-0.15, -0.1) is 0 Å². The van der Waals surface area contributed by atoms with Gasteiger partial charge in [0.2, 0.25) is 5.88 Å². The van der Waals surface area contributed by atoms with Gasteiger partial charge in [0.25, 0.3) is 0 Å². The van der Waals surface area contributed by atoms with Crippen molar-refractivity contribution in [3.8, 4) is 17.4 Å². The molecule has 0 unspecified atom stereocenters. The molecule has 5 heteroatoms. The molecule has 0 aliphatic heterocycles. The van der Waals surface area contributed by atoms with E-state index in [1.165, 1.54) is 0 Å². The summed E-state index contributed by atoms with van der Waals surface area (Å²) >= 11 is 4.90. The number of rotatable bonds is 4. The summed E-state index contributed by atoms with van der Waals surface area (Å²) in [7, 11) is 1.60. The van der Waals surface area contributed by atoms with Crippen molar-refractivity contribution in [3.05, 3.63) is 48.2 Å². The zero-order valence-electron chi connectivity index (χ0n) is 9.79.